The largest absolute Gasteiger partial charge is 0.494 e. The minimum absolute atomic E-state index is 0.105. The van der Waals surface area contributed by atoms with Crippen LogP contribution in [0.1, 0.15) is 0 Å². The summed E-state index contributed by atoms with van der Waals surface area (Å²) in [6.45, 7) is 0. The van der Waals surface area contributed by atoms with Gasteiger partial charge >= 0.3 is 5.69 Å². The molecule has 0 saturated heterocycles. The van der Waals surface area contributed by atoms with Gasteiger partial charge in [-0.3, -0.25) is 14.6 Å². The molecule has 0 spiro atoms. The van der Waals surface area contributed by atoms with Gasteiger partial charge < -0.3 is 5.11 Å². The second-order valence-electron chi connectivity index (χ2n) is 1.77. The first-order valence-electron chi connectivity index (χ1n) is 2.65. The van der Waals surface area contributed by atoms with E-state index in [1.165, 1.54) is 0 Å². The standard InChI is InChI=1S/C5H4N2O4/c8-2-7-4(10)1-3(9)6-5(7)11/h1-2,10H,(H,6,9,11). The molecule has 0 saturated carbocycles. The number of carbonyl (C=O) groups is 1. The van der Waals surface area contributed by atoms with Gasteiger partial charge in [-0.2, -0.15) is 0 Å². The van der Waals surface area contributed by atoms with Gasteiger partial charge in [0.1, 0.15) is 0 Å². The Hall–Kier alpha value is -1.85. The van der Waals surface area contributed by atoms with Gasteiger partial charge in [-0.15, -0.1) is 0 Å². The molecule has 0 radical (unpaired) electrons. The summed E-state index contributed by atoms with van der Waals surface area (Å²) in [5.74, 6) is -0.672. The Bertz CT molecular complexity index is 388. The Labute approximate surface area is 59.7 Å². The number of nitrogens with one attached hydrogen (secondary N) is 1. The molecular weight excluding hydrogens is 152 g/mol. The van der Waals surface area contributed by atoms with Crippen LogP contribution in [0.2, 0.25) is 0 Å². The van der Waals surface area contributed by atoms with Crippen LogP contribution in [0.4, 0.5) is 0 Å². The Morgan fingerprint density at radius 3 is 2.64 bits per heavy atom. The lowest BCUT2D eigenvalue weighted by atomic mass is 10.6. The Balaban J connectivity index is 3.62. The van der Waals surface area contributed by atoms with Gasteiger partial charge in [0.25, 0.3) is 5.56 Å². The topological polar surface area (TPSA) is 92.2 Å². The molecule has 1 aromatic rings. The number of hydrogen-bond acceptors (Lipinski definition) is 4. The van der Waals surface area contributed by atoms with E-state index in [1.807, 2.05) is 0 Å². The molecular formula is C5H4N2O4. The molecule has 0 fully saturated rings. The fourth-order valence-corrected chi connectivity index (χ4v) is 0.594. The van der Waals surface area contributed by atoms with Crippen LogP contribution in [0.3, 0.4) is 0 Å². The van der Waals surface area contributed by atoms with E-state index in [9.17, 15) is 14.4 Å². The van der Waals surface area contributed by atoms with Crippen LogP contribution in [-0.4, -0.2) is 21.1 Å². The predicted octanol–water partition coefficient (Wildman–Crippen LogP) is -1.72. The van der Waals surface area contributed by atoms with Gasteiger partial charge in [0.05, 0.1) is 6.07 Å². The van der Waals surface area contributed by atoms with E-state index >= 15 is 0 Å². The van der Waals surface area contributed by atoms with E-state index in [2.05, 4.69) is 0 Å². The molecule has 0 aliphatic carbocycles. The van der Waals surface area contributed by atoms with Crippen molar-refractivity contribution in [3.05, 3.63) is 26.9 Å². The van der Waals surface area contributed by atoms with Crippen molar-refractivity contribution in [2.24, 2.45) is 0 Å². The zero-order valence-corrected chi connectivity index (χ0v) is 5.27. The lowest BCUT2D eigenvalue weighted by molar-refractivity contribution is 0.428. The van der Waals surface area contributed by atoms with Gasteiger partial charge in [0, 0.05) is 0 Å². The van der Waals surface area contributed by atoms with E-state index in [0.717, 1.165) is 6.07 Å². The summed E-state index contributed by atoms with van der Waals surface area (Å²) in [4.78, 5) is 32.9. The Morgan fingerprint density at radius 1 is 1.55 bits per heavy atom. The zero-order valence-electron chi connectivity index (χ0n) is 5.27. The summed E-state index contributed by atoms with van der Waals surface area (Å²) >= 11 is 0. The van der Waals surface area contributed by atoms with Crippen molar-refractivity contribution in [1.29, 1.82) is 0 Å². The van der Waals surface area contributed by atoms with E-state index in [1.54, 1.807) is 4.98 Å². The normalized spacial score (nSPS) is 9.45. The fraction of sp³-hybridized carbons (Fsp3) is 0. The molecule has 2 N–H and O–H groups in total. The van der Waals surface area contributed by atoms with Gasteiger partial charge in [0.2, 0.25) is 12.3 Å². The molecule has 0 unspecified atom stereocenters. The number of carbonyl (C=O) groups excluding carboxylic acids is 1. The average Bonchev–Trinajstić information content (AvgIpc) is 1.85. The third-order valence-electron chi connectivity index (χ3n) is 1.06. The average molecular weight is 156 g/mol. The molecule has 0 aliphatic heterocycles. The van der Waals surface area contributed by atoms with E-state index in [0.29, 0.717) is 4.57 Å². The summed E-state index contributed by atoms with van der Waals surface area (Å²) in [5, 5.41) is 8.78. The Morgan fingerprint density at radius 2 is 2.18 bits per heavy atom. The highest BCUT2D eigenvalue weighted by Gasteiger charge is 2.00. The first-order chi connectivity index (χ1) is 5.15. The molecule has 11 heavy (non-hydrogen) atoms. The molecule has 0 aromatic carbocycles. The number of rotatable bonds is 1. The number of nitrogens with zero attached hydrogens (tertiary/aromatic N) is 1. The molecule has 1 rings (SSSR count). The monoisotopic (exact) mass is 156 g/mol. The zero-order chi connectivity index (χ0) is 8.43. The molecule has 0 aliphatic rings. The SMILES string of the molecule is O=Cn1c(O)cc(=O)[nH]c1=O. The van der Waals surface area contributed by atoms with Crippen molar-refractivity contribution >= 4 is 6.41 Å². The van der Waals surface area contributed by atoms with E-state index in [4.69, 9.17) is 5.11 Å². The highest BCUT2D eigenvalue weighted by atomic mass is 16.3. The molecule has 1 aromatic heterocycles. The van der Waals surface area contributed by atoms with Crippen LogP contribution < -0.4 is 11.2 Å². The first-order valence-corrected chi connectivity index (χ1v) is 2.65. The molecule has 6 heteroatoms. The van der Waals surface area contributed by atoms with Crippen molar-refractivity contribution in [2.75, 3.05) is 0 Å². The van der Waals surface area contributed by atoms with Crippen LogP contribution in [0.25, 0.3) is 0 Å². The number of H-pyrrole nitrogens is 1. The maximum absolute atomic E-state index is 10.6. The second-order valence-corrected chi connectivity index (χ2v) is 1.77. The minimum Gasteiger partial charge on any atom is -0.494 e. The van der Waals surface area contributed by atoms with Crippen molar-refractivity contribution < 1.29 is 9.90 Å². The van der Waals surface area contributed by atoms with Gasteiger partial charge in [-0.25, -0.2) is 9.36 Å². The Kier molecular flexibility index (Phi) is 1.59. The molecule has 1 heterocycles. The molecule has 6 nitrogen and oxygen atoms in total. The summed E-state index contributed by atoms with van der Waals surface area (Å²) in [6, 6.07) is 0.732. The molecule has 58 valence electrons. The van der Waals surface area contributed by atoms with Crippen LogP contribution in [0, 0.1) is 0 Å². The predicted molar refractivity (Wildman–Crippen MR) is 35.1 cm³/mol. The maximum Gasteiger partial charge on any atom is 0.337 e. The van der Waals surface area contributed by atoms with Crippen molar-refractivity contribution in [2.45, 2.75) is 0 Å². The number of hydrogen-bond donors (Lipinski definition) is 2. The fourth-order valence-electron chi connectivity index (χ4n) is 0.594. The van der Waals surface area contributed by atoms with Gasteiger partial charge in [-0.05, 0) is 0 Å². The van der Waals surface area contributed by atoms with Crippen LogP contribution in [0.5, 0.6) is 5.88 Å². The van der Waals surface area contributed by atoms with Crippen molar-refractivity contribution in [3.63, 3.8) is 0 Å². The van der Waals surface area contributed by atoms with Crippen LogP contribution in [0.15, 0.2) is 15.7 Å². The number of aromatic hydroxyl groups is 1. The van der Waals surface area contributed by atoms with Crippen molar-refractivity contribution in [3.8, 4) is 5.88 Å². The second kappa shape index (κ2) is 2.41. The van der Waals surface area contributed by atoms with E-state index in [-0.39, 0.29) is 6.41 Å². The number of aromatic nitrogens is 2. The highest BCUT2D eigenvalue weighted by molar-refractivity contribution is 5.54. The summed E-state index contributed by atoms with van der Waals surface area (Å²) in [6.07, 6.45) is 0.105. The molecule has 0 bridgehead atoms. The highest BCUT2D eigenvalue weighted by Crippen LogP contribution is 1.94. The van der Waals surface area contributed by atoms with Gasteiger partial charge in [0.15, 0.2) is 0 Å². The lowest BCUT2D eigenvalue weighted by Crippen LogP contribution is -2.28. The minimum atomic E-state index is -0.954. The van der Waals surface area contributed by atoms with Crippen molar-refractivity contribution in [1.82, 2.24) is 9.55 Å². The third-order valence-corrected chi connectivity index (χ3v) is 1.06. The smallest absolute Gasteiger partial charge is 0.337 e. The van der Waals surface area contributed by atoms with E-state index < -0.39 is 17.1 Å². The summed E-state index contributed by atoms with van der Waals surface area (Å²) in [5.41, 5.74) is -1.70. The molecule has 0 atom stereocenters. The number of aromatic amines is 1. The third kappa shape index (κ3) is 1.18. The molecule has 0 amide bonds. The van der Waals surface area contributed by atoms with Crippen LogP contribution in [-0.2, 0) is 4.79 Å². The summed E-state index contributed by atoms with van der Waals surface area (Å²) in [7, 11) is 0. The first kappa shape index (κ1) is 7.26. The lowest BCUT2D eigenvalue weighted by Gasteiger charge is -1.94. The maximum atomic E-state index is 10.6. The van der Waals surface area contributed by atoms with Gasteiger partial charge in [-0.1, -0.05) is 0 Å². The quantitative estimate of drug-likeness (QED) is 0.473. The summed E-state index contributed by atoms with van der Waals surface area (Å²) < 4.78 is 0.376. The van der Waals surface area contributed by atoms with Crippen LogP contribution >= 0.6 is 0 Å².